The molecule has 4 aliphatic rings. The molecule has 47 heavy (non-hydrogen) atoms. The normalized spacial score (nSPS) is 27.0. The molecular formula is C36H41N3O7Si. The van der Waals surface area contributed by atoms with Gasteiger partial charge in [-0.25, -0.2) is 4.79 Å². The van der Waals surface area contributed by atoms with Crippen LogP contribution in [0.1, 0.15) is 35.6 Å². The lowest BCUT2D eigenvalue weighted by Gasteiger charge is -2.37. The van der Waals surface area contributed by atoms with Crippen LogP contribution in [-0.4, -0.2) is 72.9 Å². The minimum absolute atomic E-state index is 0.0359. The molecule has 1 spiro atoms. The number of aliphatic hydroxyl groups is 1. The summed E-state index contributed by atoms with van der Waals surface area (Å²) in [4.78, 5) is 58.3. The molecule has 4 heterocycles. The summed E-state index contributed by atoms with van der Waals surface area (Å²) in [5.74, 6) is -0.907. The first-order valence-electron chi connectivity index (χ1n) is 16.3. The molecule has 3 aromatic rings. The van der Waals surface area contributed by atoms with E-state index < -0.39 is 37.6 Å². The summed E-state index contributed by atoms with van der Waals surface area (Å²) >= 11 is 0. The molecule has 5 atom stereocenters. The average Bonchev–Trinajstić information content (AvgIpc) is 3.69. The molecule has 0 saturated carbocycles. The summed E-state index contributed by atoms with van der Waals surface area (Å²) in [5.41, 5.74) is 3.08. The topological polar surface area (TPSA) is 120 Å². The number of nitrogens with zero attached hydrogens (tertiary/aromatic N) is 3. The summed E-state index contributed by atoms with van der Waals surface area (Å²) in [6.45, 7) is 6.80. The van der Waals surface area contributed by atoms with Crippen molar-refractivity contribution >= 4 is 37.6 Å². The Labute approximate surface area is 275 Å². The van der Waals surface area contributed by atoms with Gasteiger partial charge in [0.2, 0.25) is 5.91 Å². The molecule has 2 fully saturated rings. The predicted octanol–water partition coefficient (Wildman–Crippen LogP) is 4.32. The third kappa shape index (κ3) is 5.25. The molecule has 3 aromatic carbocycles. The van der Waals surface area contributed by atoms with Gasteiger partial charge in [-0.3, -0.25) is 14.5 Å². The number of hydrogen-bond acceptors (Lipinski definition) is 7. The van der Waals surface area contributed by atoms with Crippen molar-refractivity contribution in [1.29, 1.82) is 0 Å². The van der Waals surface area contributed by atoms with Crippen molar-refractivity contribution in [3.05, 3.63) is 95.1 Å². The third-order valence-electron chi connectivity index (χ3n) is 10.5. The van der Waals surface area contributed by atoms with Crippen LogP contribution in [0.4, 0.5) is 16.2 Å². The number of amides is 3. The molecule has 0 bridgehead atoms. The van der Waals surface area contributed by atoms with Gasteiger partial charge in [0.05, 0.1) is 44.0 Å². The minimum atomic E-state index is -3.04. The number of aliphatic hydroxyl groups excluding tert-OH is 1. The monoisotopic (exact) mass is 655 g/mol. The third-order valence-corrected chi connectivity index (χ3v) is 13.0. The molecule has 11 heteroatoms. The number of benzene rings is 3. The van der Waals surface area contributed by atoms with Gasteiger partial charge in [0.15, 0.2) is 13.9 Å². The maximum absolute atomic E-state index is 14.8. The van der Waals surface area contributed by atoms with Gasteiger partial charge in [-0.05, 0) is 54.4 Å². The number of anilines is 2. The van der Waals surface area contributed by atoms with Crippen molar-refractivity contribution in [2.75, 3.05) is 29.6 Å². The van der Waals surface area contributed by atoms with E-state index in [1.54, 1.807) is 14.7 Å². The van der Waals surface area contributed by atoms with E-state index in [0.717, 1.165) is 16.7 Å². The number of ether oxygens (including phenoxy) is 2. The highest BCUT2D eigenvalue weighted by molar-refractivity contribution is 6.71. The van der Waals surface area contributed by atoms with Gasteiger partial charge in [-0.15, -0.1) is 0 Å². The van der Waals surface area contributed by atoms with Crippen LogP contribution >= 0.6 is 0 Å². The van der Waals surface area contributed by atoms with Crippen molar-refractivity contribution in [2.24, 2.45) is 5.92 Å². The molecule has 10 nitrogen and oxygen atoms in total. The standard InChI is InChI=1S/C36H41N3O7Si/c1-23-33(47(2,3)44)31(19-32(41)38-21-26-12-8-7-11-25(26)17-28(38)22-40)46-36(23)29-18-27(37-15-16-45-35(37)43)13-14-30(29)39(34(36)42)20-24-9-5-4-6-10-24/h4-14,18,23,28,31,33,40,44H,15-17,19-22H2,1-3H3/t23-,28-,31+,33-,36+/m0/s1. The van der Waals surface area contributed by atoms with Crippen molar-refractivity contribution < 1.29 is 33.8 Å². The van der Waals surface area contributed by atoms with Crippen LogP contribution in [-0.2, 0) is 44.2 Å². The summed E-state index contributed by atoms with van der Waals surface area (Å²) < 4.78 is 12.2. The largest absolute Gasteiger partial charge is 0.447 e. The first-order chi connectivity index (χ1) is 22.5. The van der Waals surface area contributed by atoms with Crippen LogP contribution < -0.4 is 9.80 Å². The first kappa shape index (κ1) is 31.6. The van der Waals surface area contributed by atoms with Crippen LogP contribution in [0.3, 0.4) is 0 Å². The number of cyclic esters (lactones) is 1. The zero-order valence-electron chi connectivity index (χ0n) is 27.0. The van der Waals surface area contributed by atoms with Crippen LogP contribution in [0.5, 0.6) is 0 Å². The fourth-order valence-electron chi connectivity index (χ4n) is 8.32. The Balaban J connectivity index is 1.28. The van der Waals surface area contributed by atoms with Crippen molar-refractivity contribution in [3.63, 3.8) is 0 Å². The molecule has 0 unspecified atom stereocenters. The SMILES string of the molecule is C[C@H]1[C@H]([Si](C)(C)O)[C@@H](CC(=O)N2Cc3ccccc3C[C@H]2CO)O[C@]12C(=O)N(Cc1ccccc1)c1ccc(N3CCOC3=O)cc12. The van der Waals surface area contributed by atoms with Gasteiger partial charge in [0, 0.05) is 29.3 Å². The van der Waals surface area contributed by atoms with E-state index in [0.29, 0.717) is 43.0 Å². The van der Waals surface area contributed by atoms with E-state index in [4.69, 9.17) is 9.47 Å². The number of carbonyl (C=O) groups is 3. The van der Waals surface area contributed by atoms with Gasteiger partial charge in [0.25, 0.3) is 5.91 Å². The smallest absolute Gasteiger partial charge is 0.414 e. The summed E-state index contributed by atoms with van der Waals surface area (Å²) in [7, 11) is -3.04. The zero-order chi connectivity index (χ0) is 33.1. The van der Waals surface area contributed by atoms with Crippen molar-refractivity contribution in [1.82, 2.24) is 4.90 Å². The second kappa shape index (κ2) is 11.9. The predicted molar refractivity (Wildman–Crippen MR) is 178 cm³/mol. The van der Waals surface area contributed by atoms with Gasteiger partial charge in [-0.1, -0.05) is 61.5 Å². The fourth-order valence-corrected chi connectivity index (χ4v) is 10.9. The van der Waals surface area contributed by atoms with E-state index in [1.165, 1.54) is 0 Å². The molecular weight excluding hydrogens is 614 g/mol. The maximum Gasteiger partial charge on any atom is 0.414 e. The molecule has 246 valence electrons. The van der Waals surface area contributed by atoms with E-state index in [-0.39, 0.29) is 37.5 Å². The summed E-state index contributed by atoms with van der Waals surface area (Å²) in [5, 5.41) is 10.3. The maximum atomic E-state index is 14.8. The van der Waals surface area contributed by atoms with Gasteiger partial charge >= 0.3 is 6.09 Å². The minimum Gasteiger partial charge on any atom is -0.447 e. The van der Waals surface area contributed by atoms with E-state index >= 15 is 0 Å². The number of rotatable bonds is 7. The number of fused-ring (bicyclic) bond motifs is 3. The highest BCUT2D eigenvalue weighted by atomic mass is 28.4. The molecule has 2 N–H and O–H groups in total. The Bertz CT molecular complexity index is 1710. The Kier molecular flexibility index (Phi) is 7.98. The molecule has 0 aromatic heterocycles. The van der Waals surface area contributed by atoms with Crippen LogP contribution in [0, 0.1) is 5.92 Å². The van der Waals surface area contributed by atoms with Crippen LogP contribution in [0.15, 0.2) is 72.8 Å². The lowest BCUT2D eigenvalue weighted by atomic mass is 9.82. The molecule has 4 aliphatic heterocycles. The van der Waals surface area contributed by atoms with Crippen LogP contribution in [0.2, 0.25) is 18.6 Å². The Morgan fingerprint density at radius 3 is 2.43 bits per heavy atom. The lowest BCUT2D eigenvalue weighted by Crippen LogP contribution is -2.48. The Hall–Kier alpha value is -4.03. The molecule has 3 amide bonds. The summed E-state index contributed by atoms with van der Waals surface area (Å²) in [6, 6.07) is 22.8. The van der Waals surface area contributed by atoms with Gasteiger partial charge in [-0.2, -0.15) is 0 Å². The Morgan fingerprint density at radius 1 is 1.02 bits per heavy atom. The highest BCUT2D eigenvalue weighted by Crippen LogP contribution is 2.60. The fraction of sp³-hybridized carbons (Fsp3) is 0.417. The lowest BCUT2D eigenvalue weighted by molar-refractivity contribution is -0.151. The quantitative estimate of drug-likeness (QED) is 0.364. The van der Waals surface area contributed by atoms with Crippen molar-refractivity contribution in [3.8, 4) is 0 Å². The first-order valence-corrected chi connectivity index (χ1v) is 19.4. The van der Waals surface area contributed by atoms with E-state index in [9.17, 15) is 24.3 Å². The molecule has 0 radical (unpaired) electrons. The zero-order valence-corrected chi connectivity index (χ0v) is 28.0. The van der Waals surface area contributed by atoms with E-state index in [2.05, 4.69) is 0 Å². The molecule has 0 aliphatic carbocycles. The van der Waals surface area contributed by atoms with Gasteiger partial charge in [0.1, 0.15) is 6.61 Å². The molecule has 2 saturated heterocycles. The Morgan fingerprint density at radius 2 is 1.74 bits per heavy atom. The van der Waals surface area contributed by atoms with Crippen LogP contribution in [0.25, 0.3) is 0 Å². The number of hydrogen-bond donors (Lipinski definition) is 2. The average molecular weight is 656 g/mol. The van der Waals surface area contributed by atoms with E-state index in [1.807, 2.05) is 92.8 Å². The van der Waals surface area contributed by atoms with Gasteiger partial charge < -0.3 is 29.2 Å². The summed E-state index contributed by atoms with van der Waals surface area (Å²) in [6.07, 6.45) is -0.673. The van der Waals surface area contributed by atoms with Crippen molar-refractivity contribution in [2.45, 2.75) is 69.2 Å². The molecule has 7 rings (SSSR count). The number of carbonyl (C=O) groups excluding carboxylic acids is 3. The second-order valence-corrected chi connectivity index (χ2v) is 17.7. The second-order valence-electron chi connectivity index (χ2n) is 13.7. The highest BCUT2D eigenvalue weighted by Gasteiger charge is 2.66.